The predicted molar refractivity (Wildman–Crippen MR) is 119 cm³/mol. The summed E-state index contributed by atoms with van der Waals surface area (Å²) in [4.78, 5) is 0. The number of aryl methyl sites for hydroxylation is 2. The highest BCUT2D eigenvalue weighted by Gasteiger charge is 2.28. The maximum Gasteiger partial charge on any atom is 0.166 e. The van der Waals surface area contributed by atoms with Crippen LogP contribution in [0.15, 0.2) is 60.7 Å². The van der Waals surface area contributed by atoms with Crippen LogP contribution in [0.1, 0.15) is 69.1 Å². The smallest absolute Gasteiger partial charge is 0.166 e. The lowest BCUT2D eigenvalue weighted by Crippen LogP contribution is -2.21. The van der Waals surface area contributed by atoms with Crippen LogP contribution in [-0.2, 0) is 12.8 Å². The van der Waals surface area contributed by atoms with Crippen LogP contribution in [0.5, 0.6) is 0 Å². The van der Waals surface area contributed by atoms with E-state index >= 15 is 0 Å². The van der Waals surface area contributed by atoms with Crippen LogP contribution in [0.4, 0.5) is 8.78 Å². The molecule has 0 bridgehead atoms. The van der Waals surface area contributed by atoms with Crippen LogP contribution in [0.25, 0.3) is 5.57 Å². The highest BCUT2D eigenvalue weighted by Crippen LogP contribution is 2.41. The van der Waals surface area contributed by atoms with Crippen LogP contribution in [0.3, 0.4) is 0 Å². The molecule has 0 N–H and O–H groups in total. The number of hydrogen-bond acceptors (Lipinski definition) is 0. The molecule has 0 aromatic heterocycles. The molecule has 0 heterocycles. The van der Waals surface area contributed by atoms with E-state index in [0.717, 1.165) is 37.7 Å². The summed E-state index contributed by atoms with van der Waals surface area (Å²) in [6, 6.07) is 13.3. The fourth-order valence-electron chi connectivity index (χ4n) is 4.20. The van der Waals surface area contributed by atoms with E-state index in [1.807, 2.05) is 6.08 Å². The maximum absolute atomic E-state index is 14.2. The van der Waals surface area contributed by atoms with Gasteiger partial charge in [-0.1, -0.05) is 87.7 Å². The summed E-state index contributed by atoms with van der Waals surface area (Å²) < 4.78 is 27.8. The molecule has 0 amide bonds. The van der Waals surface area contributed by atoms with Gasteiger partial charge in [0.05, 0.1) is 0 Å². The first-order valence-corrected chi connectivity index (χ1v) is 11.0. The zero-order valence-electron chi connectivity index (χ0n) is 17.7. The topological polar surface area (TPSA) is 0 Å². The molecule has 1 aliphatic rings. The average molecular weight is 395 g/mol. The molecule has 1 aliphatic carbocycles. The molecule has 0 saturated heterocycles. The lowest BCUT2D eigenvalue weighted by Gasteiger charge is -2.33. The van der Waals surface area contributed by atoms with Gasteiger partial charge in [0.15, 0.2) is 11.6 Å². The number of benzene rings is 2. The van der Waals surface area contributed by atoms with Crippen molar-refractivity contribution in [3.8, 4) is 0 Å². The van der Waals surface area contributed by atoms with Gasteiger partial charge in [0.25, 0.3) is 0 Å². The Balaban J connectivity index is 1.74. The highest BCUT2D eigenvalue weighted by molar-refractivity contribution is 5.75. The second-order valence-corrected chi connectivity index (χ2v) is 8.29. The molecule has 0 aliphatic heterocycles. The van der Waals surface area contributed by atoms with E-state index < -0.39 is 11.6 Å². The normalized spacial score (nSPS) is 18.7. The van der Waals surface area contributed by atoms with E-state index in [1.165, 1.54) is 36.5 Å². The molecular weight excluding hydrogens is 362 g/mol. The molecule has 154 valence electrons. The molecule has 0 fully saturated rings. The van der Waals surface area contributed by atoms with Gasteiger partial charge in [0.2, 0.25) is 0 Å². The van der Waals surface area contributed by atoms with Gasteiger partial charge in [-0.15, -0.1) is 0 Å². The summed E-state index contributed by atoms with van der Waals surface area (Å²) in [5.41, 5.74) is 4.00. The summed E-state index contributed by atoms with van der Waals surface area (Å²) in [5, 5.41) is 0. The van der Waals surface area contributed by atoms with Gasteiger partial charge in [-0.3, -0.25) is 0 Å². The van der Waals surface area contributed by atoms with Gasteiger partial charge in [0, 0.05) is 5.56 Å². The first-order chi connectivity index (χ1) is 14.1. The third-order valence-corrected chi connectivity index (χ3v) is 6.23. The van der Waals surface area contributed by atoms with Crippen molar-refractivity contribution in [3.05, 3.63) is 89.0 Å². The fourth-order valence-corrected chi connectivity index (χ4v) is 4.20. The number of halogens is 2. The molecule has 2 heteroatoms. The molecule has 29 heavy (non-hydrogen) atoms. The number of hydrogen-bond donors (Lipinski definition) is 0. The number of rotatable bonds is 9. The van der Waals surface area contributed by atoms with E-state index in [9.17, 15) is 8.78 Å². The molecule has 3 rings (SSSR count). The summed E-state index contributed by atoms with van der Waals surface area (Å²) in [5.74, 6) is -1.54. The van der Waals surface area contributed by atoms with Crippen molar-refractivity contribution in [2.45, 2.75) is 65.2 Å². The molecule has 0 saturated carbocycles. The van der Waals surface area contributed by atoms with Gasteiger partial charge in [0.1, 0.15) is 0 Å². The fraction of sp³-hybridized carbons (Fsp3) is 0.407. The lowest BCUT2D eigenvalue weighted by atomic mass is 9.72. The standard InChI is InChI=1S/C27H32F2/c1-3-5-6-17-27(18-14-22-12-10-21(4-2)11-13-22)19-15-23(16-20-27)24-8-7-9-25(28)26(24)29/h7-13,15-16,19H,3-6,14,17-18,20H2,1-2H3. The van der Waals surface area contributed by atoms with E-state index in [0.29, 0.717) is 5.56 Å². The first kappa shape index (κ1) is 21.5. The van der Waals surface area contributed by atoms with E-state index in [2.05, 4.69) is 50.3 Å². The zero-order chi connectivity index (χ0) is 20.7. The van der Waals surface area contributed by atoms with Crippen molar-refractivity contribution in [3.63, 3.8) is 0 Å². The van der Waals surface area contributed by atoms with Crippen LogP contribution < -0.4 is 0 Å². The van der Waals surface area contributed by atoms with E-state index in [1.54, 1.807) is 12.1 Å². The van der Waals surface area contributed by atoms with Gasteiger partial charge in [-0.25, -0.2) is 8.78 Å². The summed E-state index contributed by atoms with van der Waals surface area (Å²) in [6.45, 7) is 4.40. The second kappa shape index (κ2) is 10.0. The van der Waals surface area contributed by atoms with Crippen LogP contribution in [0.2, 0.25) is 0 Å². The highest BCUT2D eigenvalue weighted by atomic mass is 19.2. The van der Waals surface area contributed by atoms with Crippen molar-refractivity contribution in [2.24, 2.45) is 5.41 Å². The van der Waals surface area contributed by atoms with E-state index in [4.69, 9.17) is 0 Å². The Kier molecular flexibility index (Phi) is 7.41. The molecule has 1 atom stereocenters. The molecule has 2 aromatic rings. The molecule has 1 unspecified atom stereocenters. The van der Waals surface area contributed by atoms with Crippen molar-refractivity contribution in [1.29, 1.82) is 0 Å². The second-order valence-electron chi connectivity index (χ2n) is 8.29. The van der Waals surface area contributed by atoms with Crippen LogP contribution >= 0.6 is 0 Å². The quantitative estimate of drug-likeness (QED) is 0.377. The largest absolute Gasteiger partial charge is 0.204 e. The molecule has 0 nitrogen and oxygen atoms in total. The Morgan fingerprint density at radius 3 is 2.31 bits per heavy atom. The summed E-state index contributed by atoms with van der Waals surface area (Å²) >= 11 is 0. The van der Waals surface area contributed by atoms with Crippen molar-refractivity contribution >= 4 is 5.57 Å². The Morgan fingerprint density at radius 2 is 1.66 bits per heavy atom. The van der Waals surface area contributed by atoms with Crippen LogP contribution in [0, 0.1) is 17.0 Å². The minimum absolute atomic E-state index is 0.103. The predicted octanol–water partition coefficient (Wildman–Crippen LogP) is 8.07. The Bertz CT molecular complexity index is 861. The van der Waals surface area contributed by atoms with Crippen molar-refractivity contribution in [2.75, 3.05) is 0 Å². The van der Waals surface area contributed by atoms with Crippen LogP contribution in [-0.4, -0.2) is 0 Å². The van der Waals surface area contributed by atoms with Gasteiger partial charge >= 0.3 is 0 Å². The molecule has 0 spiro atoms. The zero-order valence-corrected chi connectivity index (χ0v) is 17.7. The van der Waals surface area contributed by atoms with Gasteiger partial charge < -0.3 is 0 Å². The van der Waals surface area contributed by atoms with E-state index in [-0.39, 0.29) is 5.41 Å². The molecule has 2 aromatic carbocycles. The van der Waals surface area contributed by atoms with Crippen molar-refractivity contribution < 1.29 is 8.78 Å². The van der Waals surface area contributed by atoms with Crippen molar-refractivity contribution in [1.82, 2.24) is 0 Å². The Morgan fingerprint density at radius 1 is 0.897 bits per heavy atom. The Labute approximate surface area is 174 Å². The minimum Gasteiger partial charge on any atom is -0.204 e. The number of allylic oxidation sites excluding steroid dienone is 4. The maximum atomic E-state index is 14.2. The third kappa shape index (κ3) is 5.44. The average Bonchev–Trinajstić information content (AvgIpc) is 2.76. The molecular formula is C27H32F2. The van der Waals surface area contributed by atoms with Gasteiger partial charge in [-0.2, -0.15) is 0 Å². The first-order valence-electron chi connectivity index (χ1n) is 11.0. The molecule has 0 radical (unpaired) electrons. The monoisotopic (exact) mass is 394 g/mol. The summed E-state index contributed by atoms with van der Waals surface area (Å²) in [7, 11) is 0. The lowest BCUT2D eigenvalue weighted by molar-refractivity contribution is 0.311. The summed E-state index contributed by atoms with van der Waals surface area (Å²) in [6.07, 6.45) is 15.2. The third-order valence-electron chi connectivity index (χ3n) is 6.23. The SMILES string of the molecule is CCCCCC1(CCc2ccc(CC)cc2)C=CC(c2cccc(F)c2F)=CC1. The minimum atomic E-state index is -0.785. The Hall–Kier alpha value is -2.22. The van der Waals surface area contributed by atoms with Gasteiger partial charge in [-0.05, 0) is 60.3 Å². The number of unbranched alkanes of at least 4 members (excludes halogenated alkanes) is 2.